The highest BCUT2D eigenvalue weighted by Gasteiger charge is 2.10. The van der Waals surface area contributed by atoms with E-state index in [0.717, 1.165) is 16.9 Å². The summed E-state index contributed by atoms with van der Waals surface area (Å²) in [6.07, 6.45) is 0. The van der Waals surface area contributed by atoms with Crippen LogP contribution < -0.4 is 10.2 Å². The molecule has 24 heavy (non-hydrogen) atoms. The van der Waals surface area contributed by atoms with Crippen LogP contribution in [0, 0.1) is 13.8 Å². The minimum Gasteiger partial charge on any atom is -0.365 e. The summed E-state index contributed by atoms with van der Waals surface area (Å²) >= 11 is 0. The van der Waals surface area contributed by atoms with Crippen LogP contribution in [-0.2, 0) is 4.79 Å². The second-order valence-corrected chi connectivity index (χ2v) is 6.18. The first-order valence-electron chi connectivity index (χ1n) is 8.10. The van der Waals surface area contributed by atoms with Crippen LogP contribution in [0.4, 0.5) is 11.4 Å². The quantitative estimate of drug-likeness (QED) is 0.766. The van der Waals surface area contributed by atoms with Gasteiger partial charge >= 0.3 is 0 Å². The Morgan fingerprint density at radius 2 is 1.71 bits per heavy atom. The number of hydrogen-bond donors (Lipinski definition) is 1. The van der Waals surface area contributed by atoms with E-state index < -0.39 is 0 Å². The van der Waals surface area contributed by atoms with Crippen LogP contribution >= 0.6 is 0 Å². The molecular formula is C21H22N2O. The van der Waals surface area contributed by atoms with Crippen LogP contribution in [0.2, 0.25) is 0 Å². The van der Waals surface area contributed by atoms with Crippen molar-refractivity contribution in [3.05, 3.63) is 71.8 Å². The molecule has 122 valence electrons. The van der Waals surface area contributed by atoms with E-state index in [2.05, 4.69) is 29.6 Å². The van der Waals surface area contributed by atoms with Crippen molar-refractivity contribution < 1.29 is 4.79 Å². The van der Waals surface area contributed by atoms with E-state index in [0.29, 0.717) is 6.54 Å². The van der Waals surface area contributed by atoms with Crippen molar-refractivity contribution in [3.8, 4) is 0 Å². The molecule has 3 nitrogen and oxygen atoms in total. The zero-order valence-corrected chi connectivity index (χ0v) is 14.3. The van der Waals surface area contributed by atoms with Gasteiger partial charge in [-0.25, -0.2) is 0 Å². The number of aryl methyl sites for hydroxylation is 1. The maximum absolute atomic E-state index is 12.4. The summed E-state index contributed by atoms with van der Waals surface area (Å²) in [6.45, 7) is 4.38. The Morgan fingerprint density at radius 1 is 0.958 bits per heavy atom. The zero-order chi connectivity index (χ0) is 17.1. The number of carbonyl (C=O) groups is 1. The first-order chi connectivity index (χ1) is 11.5. The summed E-state index contributed by atoms with van der Waals surface area (Å²) in [7, 11) is 1.94. The number of carbonyl (C=O) groups excluding carboxylic acids is 1. The monoisotopic (exact) mass is 318 g/mol. The highest BCUT2D eigenvalue weighted by molar-refractivity contribution is 5.95. The van der Waals surface area contributed by atoms with E-state index in [1.807, 2.05) is 62.2 Å². The fourth-order valence-corrected chi connectivity index (χ4v) is 2.80. The van der Waals surface area contributed by atoms with E-state index in [1.165, 1.54) is 16.3 Å². The van der Waals surface area contributed by atoms with Crippen LogP contribution in [0.1, 0.15) is 11.1 Å². The number of nitrogens with one attached hydrogen (secondary N) is 1. The summed E-state index contributed by atoms with van der Waals surface area (Å²) in [5.41, 5.74) is 4.20. The predicted molar refractivity (Wildman–Crippen MR) is 102 cm³/mol. The Hall–Kier alpha value is -2.81. The number of anilines is 2. The van der Waals surface area contributed by atoms with E-state index in [9.17, 15) is 4.79 Å². The molecule has 3 rings (SSSR count). The standard InChI is InChI=1S/C21H22N2O/c1-15-7-6-10-20(16(15)2)22-21(24)14-23(3)19-12-11-17-8-4-5-9-18(17)13-19/h4-13H,14H2,1-3H3,(H,22,24). The van der Waals surface area contributed by atoms with Gasteiger partial charge in [-0.05, 0) is 53.9 Å². The van der Waals surface area contributed by atoms with Crippen LogP contribution in [0.5, 0.6) is 0 Å². The second-order valence-electron chi connectivity index (χ2n) is 6.18. The molecule has 0 heterocycles. The van der Waals surface area contributed by atoms with Gasteiger partial charge in [0.15, 0.2) is 0 Å². The first-order valence-corrected chi connectivity index (χ1v) is 8.10. The molecule has 0 unspecified atom stereocenters. The zero-order valence-electron chi connectivity index (χ0n) is 14.3. The maximum Gasteiger partial charge on any atom is 0.243 e. The van der Waals surface area contributed by atoms with Crippen molar-refractivity contribution in [1.29, 1.82) is 0 Å². The summed E-state index contributed by atoms with van der Waals surface area (Å²) in [5.74, 6) is -0.0145. The van der Waals surface area contributed by atoms with Gasteiger partial charge in [-0.15, -0.1) is 0 Å². The van der Waals surface area contributed by atoms with Gasteiger partial charge in [0.25, 0.3) is 0 Å². The molecule has 0 aliphatic heterocycles. The van der Waals surface area contributed by atoms with Gasteiger partial charge in [-0.2, -0.15) is 0 Å². The lowest BCUT2D eigenvalue weighted by Crippen LogP contribution is -2.30. The number of likely N-dealkylation sites (N-methyl/N-ethyl adjacent to an activating group) is 1. The van der Waals surface area contributed by atoms with Gasteiger partial charge in [0.2, 0.25) is 5.91 Å². The lowest BCUT2D eigenvalue weighted by atomic mass is 10.1. The third-order valence-corrected chi connectivity index (χ3v) is 4.43. The number of nitrogens with zero attached hydrogens (tertiary/aromatic N) is 1. The van der Waals surface area contributed by atoms with Crippen molar-refractivity contribution in [3.63, 3.8) is 0 Å². The Balaban J connectivity index is 1.72. The second kappa shape index (κ2) is 6.75. The topological polar surface area (TPSA) is 32.3 Å². The van der Waals surface area contributed by atoms with Crippen molar-refractivity contribution >= 4 is 28.1 Å². The normalized spacial score (nSPS) is 10.6. The van der Waals surface area contributed by atoms with Crippen molar-refractivity contribution in [2.24, 2.45) is 0 Å². The molecule has 0 atom stereocenters. The van der Waals surface area contributed by atoms with Gasteiger partial charge < -0.3 is 10.2 Å². The van der Waals surface area contributed by atoms with Gasteiger partial charge in [0, 0.05) is 18.4 Å². The molecule has 3 aromatic rings. The molecule has 0 radical (unpaired) electrons. The number of rotatable bonds is 4. The molecular weight excluding hydrogens is 296 g/mol. The summed E-state index contributed by atoms with van der Waals surface area (Å²) in [6, 6.07) is 20.4. The molecule has 3 heteroatoms. The highest BCUT2D eigenvalue weighted by atomic mass is 16.2. The van der Waals surface area contributed by atoms with Gasteiger partial charge in [-0.1, -0.05) is 42.5 Å². The maximum atomic E-state index is 12.4. The Bertz CT molecular complexity index is 886. The molecule has 1 N–H and O–H groups in total. The summed E-state index contributed by atoms with van der Waals surface area (Å²) in [5, 5.41) is 5.39. The molecule has 0 saturated carbocycles. The Morgan fingerprint density at radius 3 is 2.50 bits per heavy atom. The van der Waals surface area contributed by atoms with Crippen LogP contribution in [0.15, 0.2) is 60.7 Å². The van der Waals surface area contributed by atoms with Gasteiger partial charge in [-0.3, -0.25) is 4.79 Å². The first kappa shape index (κ1) is 16.1. The lowest BCUT2D eigenvalue weighted by molar-refractivity contribution is -0.114. The van der Waals surface area contributed by atoms with E-state index >= 15 is 0 Å². The average Bonchev–Trinajstić information content (AvgIpc) is 2.58. The van der Waals surface area contributed by atoms with Crippen LogP contribution in [-0.4, -0.2) is 19.5 Å². The minimum atomic E-state index is -0.0145. The molecule has 0 aliphatic rings. The third kappa shape index (κ3) is 3.40. The van der Waals surface area contributed by atoms with Gasteiger partial charge in [0.1, 0.15) is 0 Å². The van der Waals surface area contributed by atoms with Crippen LogP contribution in [0.25, 0.3) is 10.8 Å². The fraction of sp³-hybridized carbons (Fsp3) is 0.190. The summed E-state index contributed by atoms with van der Waals surface area (Å²) < 4.78 is 0. The van der Waals surface area contributed by atoms with E-state index in [4.69, 9.17) is 0 Å². The molecule has 0 aromatic heterocycles. The molecule has 1 amide bonds. The van der Waals surface area contributed by atoms with E-state index in [-0.39, 0.29) is 5.91 Å². The molecule has 0 saturated heterocycles. The largest absolute Gasteiger partial charge is 0.365 e. The predicted octanol–water partition coefficient (Wildman–Crippen LogP) is 4.53. The van der Waals surface area contributed by atoms with Crippen LogP contribution in [0.3, 0.4) is 0 Å². The smallest absolute Gasteiger partial charge is 0.243 e. The molecule has 0 fully saturated rings. The number of benzene rings is 3. The van der Waals surface area contributed by atoms with Gasteiger partial charge in [0.05, 0.1) is 6.54 Å². The van der Waals surface area contributed by atoms with Crippen molar-refractivity contribution in [1.82, 2.24) is 0 Å². The SMILES string of the molecule is Cc1cccc(NC(=O)CN(C)c2ccc3ccccc3c2)c1C. The Kier molecular flexibility index (Phi) is 4.52. The number of fused-ring (bicyclic) bond motifs is 1. The lowest BCUT2D eigenvalue weighted by Gasteiger charge is -2.20. The van der Waals surface area contributed by atoms with E-state index in [1.54, 1.807) is 0 Å². The average molecular weight is 318 g/mol. The number of hydrogen-bond acceptors (Lipinski definition) is 2. The van der Waals surface area contributed by atoms with Crippen molar-refractivity contribution in [2.75, 3.05) is 23.8 Å². The summed E-state index contributed by atoms with van der Waals surface area (Å²) in [4.78, 5) is 14.3. The highest BCUT2D eigenvalue weighted by Crippen LogP contribution is 2.22. The fourth-order valence-electron chi connectivity index (χ4n) is 2.80. The molecule has 0 spiro atoms. The molecule has 3 aromatic carbocycles. The third-order valence-electron chi connectivity index (χ3n) is 4.43. The molecule has 0 bridgehead atoms. The Labute approximate surface area is 142 Å². The molecule has 0 aliphatic carbocycles. The minimum absolute atomic E-state index is 0.0145. The van der Waals surface area contributed by atoms with Crippen molar-refractivity contribution in [2.45, 2.75) is 13.8 Å². The number of amides is 1.